The van der Waals surface area contributed by atoms with Crippen molar-refractivity contribution >= 4 is 18.4 Å². The standard InChI is InChI=1S/C14H16F.3CH3.Sn/c15-13-3-1-12(2-4-13)14-8-5-11(6-9-14)7-10-14;;;;/h1-4H,5-10H2;3*1H3;. The summed E-state index contributed by atoms with van der Waals surface area (Å²) in [4.78, 5) is 7.85. The number of halogens is 1. The third-order valence-corrected chi connectivity index (χ3v) is 17.5. The molecule has 2 heteroatoms. The summed E-state index contributed by atoms with van der Waals surface area (Å²) in [5.74, 6) is -0.105. The molecule has 0 amide bonds. The van der Waals surface area contributed by atoms with Crippen LogP contribution in [0.15, 0.2) is 24.3 Å². The summed E-state index contributed by atoms with van der Waals surface area (Å²) in [6, 6.07) is 7.36. The van der Waals surface area contributed by atoms with Gasteiger partial charge in [0.2, 0.25) is 0 Å². The Hall–Kier alpha value is -0.0513. The van der Waals surface area contributed by atoms with Gasteiger partial charge in [0, 0.05) is 0 Å². The Morgan fingerprint density at radius 1 is 0.842 bits per heavy atom. The molecule has 3 aliphatic carbocycles. The molecule has 0 aliphatic heterocycles. The molecule has 0 N–H and O–H groups in total. The molecular weight excluding hydrogens is 342 g/mol. The molecule has 2 bridgehead atoms. The molecule has 3 saturated carbocycles. The number of rotatable bonds is 2. The van der Waals surface area contributed by atoms with E-state index in [2.05, 4.69) is 14.8 Å². The molecular formula is C17H25FSn. The maximum atomic E-state index is 13.1. The monoisotopic (exact) mass is 368 g/mol. The van der Waals surface area contributed by atoms with Crippen LogP contribution in [-0.4, -0.2) is 18.4 Å². The molecule has 3 aliphatic rings. The van der Waals surface area contributed by atoms with Crippen molar-refractivity contribution in [1.82, 2.24) is 0 Å². The van der Waals surface area contributed by atoms with Crippen LogP contribution in [0, 0.1) is 5.82 Å². The zero-order chi connectivity index (χ0) is 13.7. The Balaban J connectivity index is 1.87. The van der Waals surface area contributed by atoms with Crippen molar-refractivity contribution in [3.63, 3.8) is 0 Å². The van der Waals surface area contributed by atoms with Gasteiger partial charge in [-0.1, -0.05) is 0 Å². The summed E-state index contributed by atoms with van der Waals surface area (Å²) < 4.78 is 13.9. The van der Waals surface area contributed by atoms with Crippen LogP contribution in [0.2, 0.25) is 18.2 Å². The van der Waals surface area contributed by atoms with Gasteiger partial charge in [-0.2, -0.15) is 0 Å². The molecule has 0 spiro atoms. The first kappa shape index (κ1) is 13.9. The molecule has 1 aromatic rings. The van der Waals surface area contributed by atoms with Crippen LogP contribution < -0.4 is 0 Å². The second-order valence-electron chi connectivity index (χ2n) is 7.82. The van der Waals surface area contributed by atoms with Gasteiger partial charge in [0.05, 0.1) is 0 Å². The summed E-state index contributed by atoms with van der Waals surface area (Å²) in [5, 5.41) is 0. The van der Waals surface area contributed by atoms with Crippen LogP contribution in [0.4, 0.5) is 4.39 Å². The third kappa shape index (κ3) is 2.16. The van der Waals surface area contributed by atoms with Crippen molar-refractivity contribution in [1.29, 1.82) is 0 Å². The summed E-state index contributed by atoms with van der Waals surface area (Å²) in [6.07, 6.45) is 8.32. The molecule has 4 rings (SSSR count). The van der Waals surface area contributed by atoms with Crippen molar-refractivity contribution in [2.75, 3.05) is 0 Å². The molecule has 0 unspecified atom stereocenters. The first-order chi connectivity index (χ1) is 8.87. The molecule has 104 valence electrons. The second-order valence-corrected chi connectivity index (χ2v) is 23.7. The summed E-state index contributed by atoms with van der Waals surface area (Å²) >= 11 is -1.83. The Morgan fingerprint density at radius 3 is 1.74 bits per heavy atom. The third-order valence-electron chi connectivity index (χ3n) is 6.29. The molecule has 0 heterocycles. The quantitative estimate of drug-likeness (QED) is 0.605. The predicted octanol–water partition coefficient (Wildman–Crippen LogP) is 5.51. The normalized spacial score (nSPS) is 34.5. The first-order valence-electron chi connectivity index (χ1n) is 7.63. The fourth-order valence-corrected chi connectivity index (χ4v) is 12.0. The Labute approximate surface area is 120 Å². The van der Waals surface area contributed by atoms with Gasteiger partial charge < -0.3 is 0 Å². The Bertz CT molecular complexity index is 445. The minimum atomic E-state index is -1.83. The summed E-state index contributed by atoms with van der Waals surface area (Å²) in [7, 11) is 0. The topological polar surface area (TPSA) is 0 Å². The molecule has 19 heavy (non-hydrogen) atoms. The Morgan fingerprint density at radius 2 is 1.32 bits per heavy atom. The van der Waals surface area contributed by atoms with Gasteiger partial charge in [0.25, 0.3) is 0 Å². The molecule has 0 nitrogen and oxygen atoms in total. The molecule has 3 fully saturated rings. The van der Waals surface area contributed by atoms with E-state index in [1.807, 2.05) is 12.1 Å². The van der Waals surface area contributed by atoms with Crippen molar-refractivity contribution < 1.29 is 4.39 Å². The van der Waals surface area contributed by atoms with E-state index in [-0.39, 0.29) is 5.82 Å². The SMILES string of the molecule is [CH3][Sn]([CH3])([CH3])[C]12CCC(c3ccc(F)cc3)(CC1)CC2. The van der Waals surface area contributed by atoms with E-state index in [0.29, 0.717) is 5.41 Å². The van der Waals surface area contributed by atoms with Crippen molar-refractivity contribution in [3.05, 3.63) is 35.6 Å². The number of hydrogen-bond donors (Lipinski definition) is 0. The van der Waals surface area contributed by atoms with Gasteiger partial charge in [0.15, 0.2) is 0 Å². The van der Waals surface area contributed by atoms with E-state index >= 15 is 0 Å². The van der Waals surface area contributed by atoms with Crippen molar-refractivity contribution in [2.24, 2.45) is 0 Å². The van der Waals surface area contributed by atoms with Gasteiger partial charge in [-0.05, 0) is 0 Å². The van der Waals surface area contributed by atoms with Crippen molar-refractivity contribution in [2.45, 2.75) is 62.2 Å². The Kier molecular flexibility index (Phi) is 3.28. The second kappa shape index (κ2) is 4.47. The number of benzene rings is 1. The van der Waals surface area contributed by atoms with Crippen LogP contribution in [-0.2, 0) is 5.41 Å². The van der Waals surface area contributed by atoms with E-state index in [4.69, 9.17) is 0 Å². The van der Waals surface area contributed by atoms with Crippen LogP contribution in [0.5, 0.6) is 0 Å². The minimum absolute atomic E-state index is 0.105. The maximum absolute atomic E-state index is 13.1. The molecule has 0 atom stereocenters. The van der Waals surface area contributed by atoms with Gasteiger partial charge >= 0.3 is 121 Å². The summed E-state index contributed by atoms with van der Waals surface area (Å²) in [5.41, 5.74) is 1.78. The average Bonchev–Trinajstić information content (AvgIpc) is 2.40. The number of hydrogen-bond acceptors (Lipinski definition) is 0. The van der Waals surface area contributed by atoms with Crippen LogP contribution in [0.25, 0.3) is 0 Å². The molecule has 0 radical (unpaired) electrons. The fraction of sp³-hybridized carbons (Fsp3) is 0.647. The van der Waals surface area contributed by atoms with Crippen LogP contribution >= 0.6 is 0 Å². The van der Waals surface area contributed by atoms with Gasteiger partial charge in [-0.15, -0.1) is 0 Å². The summed E-state index contributed by atoms with van der Waals surface area (Å²) in [6.45, 7) is 0. The van der Waals surface area contributed by atoms with Crippen LogP contribution in [0.1, 0.15) is 44.1 Å². The van der Waals surface area contributed by atoms with E-state index < -0.39 is 18.4 Å². The molecule has 0 saturated heterocycles. The van der Waals surface area contributed by atoms with E-state index in [1.165, 1.54) is 44.1 Å². The number of fused-ring (bicyclic) bond motifs is 3. The van der Waals surface area contributed by atoms with Gasteiger partial charge in [0.1, 0.15) is 0 Å². The fourth-order valence-electron chi connectivity index (χ4n) is 4.55. The van der Waals surface area contributed by atoms with Gasteiger partial charge in [-0.25, -0.2) is 0 Å². The molecule has 0 aromatic heterocycles. The first-order valence-corrected chi connectivity index (χ1v) is 17.6. The van der Waals surface area contributed by atoms with Crippen molar-refractivity contribution in [3.8, 4) is 0 Å². The average molecular weight is 367 g/mol. The zero-order valence-corrected chi connectivity index (χ0v) is 15.3. The van der Waals surface area contributed by atoms with Gasteiger partial charge in [-0.3, -0.25) is 0 Å². The predicted molar refractivity (Wildman–Crippen MR) is 81.8 cm³/mol. The van der Waals surface area contributed by atoms with E-state index in [9.17, 15) is 4.39 Å². The van der Waals surface area contributed by atoms with Crippen LogP contribution in [0.3, 0.4) is 0 Å². The van der Waals surface area contributed by atoms with E-state index in [0.717, 1.165) is 3.43 Å². The zero-order valence-electron chi connectivity index (χ0n) is 12.4. The van der Waals surface area contributed by atoms with E-state index in [1.54, 1.807) is 12.1 Å². The molecule has 1 aromatic carbocycles.